The fourth-order valence-corrected chi connectivity index (χ4v) is 4.52. The van der Waals surface area contributed by atoms with Crippen molar-refractivity contribution < 1.29 is 0 Å². The van der Waals surface area contributed by atoms with Gasteiger partial charge in [0, 0.05) is 29.2 Å². The molecule has 3 aliphatic rings. The number of benzene rings is 2. The van der Waals surface area contributed by atoms with Crippen molar-refractivity contribution in [1.29, 1.82) is 0 Å². The van der Waals surface area contributed by atoms with Gasteiger partial charge in [0.25, 0.3) is 0 Å². The summed E-state index contributed by atoms with van der Waals surface area (Å²) in [5, 5.41) is 0.708. The molecule has 0 aliphatic carbocycles. The molecule has 4 nitrogen and oxygen atoms in total. The number of fused-ring (bicyclic) bond motifs is 3. The first kappa shape index (κ1) is 17.7. The van der Waals surface area contributed by atoms with Gasteiger partial charge in [-0.2, -0.15) is 0 Å². The van der Waals surface area contributed by atoms with Crippen molar-refractivity contribution in [2.24, 2.45) is 9.98 Å². The van der Waals surface area contributed by atoms with Gasteiger partial charge >= 0.3 is 0 Å². The van der Waals surface area contributed by atoms with Crippen LogP contribution >= 0.6 is 11.6 Å². The molecule has 142 valence electrons. The normalized spacial score (nSPS) is 22.2. The van der Waals surface area contributed by atoms with E-state index in [4.69, 9.17) is 21.6 Å². The molecule has 0 aromatic heterocycles. The highest BCUT2D eigenvalue weighted by Gasteiger charge is 2.35. The zero-order chi connectivity index (χ0) is 19.1. The first-order chi connectivity index (χ1) is 13.7. The largest absolute Gasteiger partial charge is 0.321 e. The number of piperidine rings is 1. The monoisotopic (exact) mass is 390 g/mol. The van der Waals surface area contributed by atoms with Gasteiger partial charge < -0.3 is 4.90 Å². The lowest BCUT2D eigenvalue weighted by Gasteiger charge is -2.31. The van der Waals surface area contributed by atoms with Crippen molar-refractivity contribution in [3.05, 3.63) is 77.0 Å². The second kappa shape index (κ2) is 7.19. The molecule has 0 bridgehead atoms. The number of halogens is 1. The molecule has 1 unspecified atom stereocenters. The van der Waals surface area contributed by atoms with Gasteiger partial charge in [0.2, 0.25) is 0 Å². The van der Waals surface area contributed by atoms with Crippen molar-refractivity contribution >= 4 is 28.8 Å². The van der Waals surface area contributed by atoms with E-state index in [2.05, 4.69) is 34.6 Å². The number of hydrogen-bond acceptors (Lipinski definition) is 4. The molecule has 1 fully saturated rings. The fourth-order valence-electron chi connectivity index (χ4n) is 4.35. The molecule has 5 rings (SSSR count). The highest BCUT2D eigenvalue weighted by atomic mass is 35.5. The summed E-state index contributed by atoms with van der Waals surface area (Å²) in [5.74, 6) is 0.880. The highest BCUT2D eigenvalue weighted by Crippen LogP contribution is 2.35. The van der Waals surface area contributed by atoms with Crippen molar-refractivity contribution in [3.8, 4) is 0 Å². The van der Waals surface area contributed by atoms with Crippen LogP contribution < -0.4 is 4.90 Å². The Balaban J connectivity index is 1.61. The highest BCUT2D eigenvalue weighted by molar-refractivity contribution is 6.32. The lowest BCUT2D eigenvalue weighted by molar-refractivity contribution is 0.177. The molecule has 1 saturated heterocycles. The van der Waals surface area contributed by atoms with Crippen molar-refractivity contribution in [2.75, 3.05) is 24.5 Å². The Morgan fingerprint density at radius 3 is 2.57 bits per heavy atom. The summed E-state index contributed by atoms with van der Waals surface area (Å²) >= 11 is 6.38. The van der Waals surface area contributed by atoms with E-state index in [1.807, 2.05) is 30.3 Å². The predicted octanol–water partition coefficient (Wildman–Crippen LogP) is 4.74. The Labute approximate surface area is 170 Å². The average Bonchev–Trinajstić information content (AvgIpc) is 3.14. The molecule has 0 saturated carbocycles. The van der Waals surface area contributed by atoms with Gasteiger partial charge in [-0.05, 0) is 31.0 Å². The Bertz CT molecular complexity index is 973. The topological polar surface area (TPSA) is 31.2 Å². The Morgan fingerprint density at radius 1 is 1.00 bits per heavy atom. The number of aliphatic imine (C=N–C) groups is 2. The van der Waals surface area contributed by atoms with Crippen LogP contribution in [-0.4, -0.2) is 42.2 Å². The van der Waals surface area contributed by atoms with Crippen LogP contribution in [0.3, 0.4) is 0 Å². The molecule has 2 aromatic carbocycles. The molecular formula is C23H23ClN4. The fraction of sp³-hybridized carbons (Fsp3) is 0.304. The van der Waals surface area contributed by atoms with Crippen LogP contribution in [0.15, 0.2) is 70.8 Å². The molecule has 1 atom stereocenters. The summed E-state index contributed by atoms with van der Waals surface area (Å²) in [6.07, 6.45) is 4.00. The van der Waals surface area contributed by atoms with E-state index in [1.165, 1.54) is 19.3 Å². The van der Waals surface area contributed by atoms with Crippen molar-refractivity contribution in [1.82, 2.24) is 4.90 Å². The number of rotatable bonds is 2. The van der Waals surface area contributed by atoms with Crippen molar-refractivity contribution in [3.63, 3.8) is 0 Å². The van der Waals surface area contributed by atoms with E-state index < -0.39 is 0 Å². The van der Waals surface area contributed by atoms with Crippen LogP contribution in [0.1, 0.15) is 30.4 Å². The van der Waals surface area contributed by atoms with Gasteiger partial charge in [-0.3, -0.25) is 4.90 Å². The minimum absolute atomic E-state index is 0.170. The van der Waals surface area contributed by atoms with Gasteiger partial charge in [0.15, 0.2) is 5.84 Å². The minimum atomic E-state index is 0.170. The number of nitrogens with zero attached hydrogens (tertiary/aromatic N) is 4. The predicted molar refractivity (Wildman–Crippen MR) is 117 cm³/mol. The molecule has 0 N–H and O–H groups in total. The average molecular weight is 391 g/mol. The smallest absolute Gasteiger partial charge is 0.155 e. The molecule has 0 spiro atoms. The molecule has 0 amide bonds. The van der Waals surface area contributed by atoms with Gasteiger partial charge in [0.1, 0.15) is 6.17 Å². The number of amidine groups is 1. The molecule has 5 heteroatoms. The Morgan fingerprint density at radius 2 is 1.79 bits per heavy atom. The first-order valence-electron chi connectivity index (χ1n) is 9.93. The van der Waals surface area contributed by atoms with Crippen LogP contribution in [-0.2, 0) is 0 Å². The van der Waals surface area contributed by atoms with E-state index in [1.54, 1.807) is 0 Å². The summed E-state index contributed by atoms with van der Waals surface area (Å²) in [6.45, 7) is 7.34. The van der Waals surface area contributed by atoms with E-state index in [-0.39, 0.29) is 6.17 Å². The summed E-state index contributed by atoms with van der Waals surface area (Å²) in [4.78, 5) is 14.7. The maximum absolute atomic E-state index is 6.38. The van der Waals surface area contributed by atoms with Gasteiger partial charge in [-0.25, -0.2) is 9.98 Å². The molecule has 28 heavy (non-hydrogen) atoms. The zero-order valence-corrected chi connectivity index (χ0v) is 16.6. The Kier molecular flexibility index (Phi) is 4.53. The van der Waals surface area contributed by atoms with Crippen molar-refractivity contribution in [2.45, 2.75) is 25.4 Å². The van der Waals surface area contributed by atoms with Crippen LogP contribution in [0.5, 0.6) is 0 Å². The van der Waals surface area contributed by atoms with E-state index in [0.29, 0.717) is 10.7 Å². The summed E-state index contributed by atoms with van der Waals surface area (Å²) in [5.41, 5.74) is 4.80. The quantitative estimate of drug-likeness (QED) is 0.741. The number of likely N-dealkylation sites (tertiary alicyclic amines) is 1. The first-order valence-corrected chi connectivity index (χ1v) is 10.3. The van der Waals surface area contributed by atoms with Crippen LogP contribution in [0.4, 0.5) is 5.69 Å². The van der Waals surface area contributed by atoms with Crippen LogP contribution in [0.2, 0.25) is 5.02 Å². The van der Waals surface area contributed by atoms with Crippen LogP contribution in [0, 0.1) is 0 Å². The third-order valence-electron chi connectivity index (χ3n) is 5.74. The molecular weight excluding hydrogens is 368 g/mol. The molecule has 3 aliphatic heterocycles. The van der Waals surface area contributed by atoms with E-state index in [0.717, 1.165) is 48.0 Å². The molecule has 2 aromatic rings. The van der Waals surface area contributed by atoms with Gasteiger partial charge in [-0.1, -0.05) is 54.9 Å². The molecule has 3 heterocycles. The third-order valence-corrected chi connectivity index (χ3v) is 5.98. The lowest BCUT2D eigenvalue weighted by atomic mass is 10.00. The lowest BCUT2D eigenvalue weighted by Crippen LogP contribution is -2.41. The zero-order valence-electron chi connectivity index (χ0n) is 15.8. The number of hydrogen-bond donors (Lipinski definition) is 0. The summed E-state index contributed by atoms with van der Waals surface area (Å²) in [7, 11) is 0. The molecule has 0 radical (unpaired) electrons. The maximum Gasteiger partial charge on any atom is 0.155 e. The SMILES string of the molecule is C=C1N=C(c2ccccc2)c2cc(Cl)ccc2N2CC(N3CCCCC3)N=C12. The second-order valence-corrected chi connectivity index (χ2v) is 8.01. The standard InChI is InChI=1S/C23H23ClN4/c1-16-23-26-21(27-12-6-3-7-13-27)15-28(23)20-11-10-18(24)14-19(20)22(25-16)17-8-4-2-5-9-17/h2,4-5,8-11,14,21H,1,3,6-7,12-13,15H2. The van der Waals surface area contributed by atoms with Crippen LogP contribution in [0.25, 0.3) is 0 Å². The number of anilines is 1. The van der Waals surface area contributed by atoms with Gasteiger partial charge in [-0.15, -0.1) is 0 Å². The van der Waals surface area contributed by atoms with E-state index in [9.17, 15) is 0 Å². The van der Waals surface area contributed by atoms with E-state index >= 15 is 0 Å². The van der Waals surface area contributed by atoms with Gasteiger partial charge in [0.05, 0.1) is 23.6 Å². The Hall–Kier alpha value is -2.43. The second-order valence-electron chi connectivity index (χ2n) is 7.58. The summed E-state index contributed by atoms with van der Waals surface area (Å²) < 4.78 is 0. The maximum atomic E-state index is 6.38. The third kappa shape index (κ3) is 3.07. The summed E-state index contributed by atoms with van der Waals surface area (Å²) in [6, 6.07) is 16.3. The minimum Gasteiger partial charge on any atom is -0.321 e.